The molecular formula is C16H16N2O. The van der Waals surface area contributed by atoms with Gasteiger partial charge in [0.15, 0.2) is 0 Å². The molecule has 0 aromatic heterocycles. The molecule has 0 radical (unpaired) electrons. The van der Waals surface area contributed by atoms with E-state index in [9.17, 15) is 4.79 Å². The summed E-state index contributed by atoms with van der Waals surface area (Å²) in [5.74, 6) is 0. The van der Waals surface area contributed by atoms with Crippen molar-refractivity contribution in [2.24, 2.45) is 0 Å². The number of carbonyl (C=O) groups excluding carboxylic acids is 1. The van der Waals surface area contributed by atoms with E-state index in [0.717, 1.165) is 11.3 Å². The first kappa shape index (κ1) is 12.9. The highest BCUT2D eigenvalue weighted by molar-refractivity contribution is 5.89. The molecule has 0 heterocycles. The Labute approximate surface area is 113 Å². The maximum Gasteiger partial charge on any atom is 0.319 e. The van der Waals surface area contributed by atoms with Gasteiger partial charge in [0.05, 0.1) is 6.04 Å². The van der Waals surface area contributed by atoms with Crippen molar-refractivity contribution in [1.82, 2.24) is 5.32 Å². The van der Waals surface area contributed by atoms with E-state index in [4.69, 9.17) is 0 Å². The van der Waals surface area contributed by atoms with Crippen LogP contribution in [0.3, 0.4) is 0 Å². The summed E-state index contributed by atoms with van der Waals surface area (Å²) in [5, 5.41) is 5.64. The molecule has 2 amide bonds. The number of hydrogen-bond acceptors (Lipinski definition) is 1. The molecule has 2 N–H and O–H groups in total. The van der Waals surface area contributed by atoms with Gasteiger partial charge in [0.1, 0.15) is 0 Å². The molecule has 0 bridgehead atoms. The smallest absolute Gasteiger partial charge is 0.319 e. The zero-order valence-corrected chi connectivity index (χ0v) is 10.5. The van der Waals surface area contributed by atoms with Crippen LogP contribution < -0.4 is 10.6 Å². The van der Waals surface area contributed by atoms with Gasteiger partial charge >= 0.3 is 6.03 Å². The molecular weight excluding hydrogens is 236 g/mol. The molecule has 0 saturated carbocycles. The van der Waals surface area contributed by atoms with Gasteiger partial charge in [-0.05, 0) is 17.7 Å². The van der Waals surface area contributed by atoms with Crippen molar-refractivity contribution < 1.29 is 4.79 Å². The maximum atomic E-state index is 11.9. The number of hydrogen-bond donors (Lipinski definition) is 2. The second kappa shape index (κ2) is 6.40. The molecule has 0 aliphatic carbocycles. The topological polar surface area (TPSA) is 41.1 Å². The molecule has 0 aliphatic heterocycles. The molecule has 0 fully saturated rings. The third kappa shape index (κ3) is 3.71. The average molecular weight is 252 g/mol. The summed E-state index contributed by atoms with van der Waals surface area (Å²) < 4.78 is 0. The van der Waals surface area contributed by atoms with E-state index in [2.05, 4.69) is 17.2 Å². The van der Waals surface area contributed by atoms with E-state index < -0.39 is 0 Å². The van der Waals surface area contributed by atoms with Gasteiger partial charge in [-0.2, -0.15) is 0 Å². The zero-order chi connectivity index (χ0) is 13.5. The Kier molecular flexibility index (Phi) is 4.34. The fourth-order valence-corrected chi connectivity index (χ4v) is 1.77. The SMILES string of the molecule is C=CC(NC(=O)Nc1ccccc1)c1ccccc1. The number of amides is 2. The molecule has 19 heavy (non-hydrogen) atoms. The zero-order valence-electron chi connectivity index (χ0n) is 10.5. The summed E-state index contributed by atoms with van der Waals surface area (Å²) in [7, 11) is 0. The lowest BCUT2D eigenvalue weighted by atomic mass is 10.1. The van der Waals surface area contributed by atoms with Gasteiger partial charge in [-0.25, -0.2) is 4.79 Å². The van der Waals surface area contributed by atoms with Crippen molar-refractivity contribution in [3.8, 4) is 0 Å². The quantitative estimate of drug-likeness (QED) is 0.800. The second-order valence-electron chi connectivity index (χ2n) is 4.09. The Morgan fingerprint density at radius 1 is 1.00 bits per heavy atom. The van der Waals surface area contributed by atoms with Crippen molar-refractivity contribution >= 4 is 11.7 Å². The fourth-order valence-electron chi connectivity index (χ4n) is 1.77. The predicted molar refractivity (Wildman–Crippen MR) is 78.0 cm³/mol. The van der Waals surface area contributed by atoms with Crippen molar-refractivity contribution in [3.63, 3.8) is 0 Å². The van der Waals surface area contributed by atoms with Crippen LogP contribution in [0.1, 0.15) is 11.6 Å². The minimum Gasteiger partial charge on any atom is -0.328 e. The molecule has 2 rings (SSSR count). The van der Waals surface area contributed by atoms with Crippen LogP contribution in [0.4, 0.5) is 10.5 Å². The molecule has 0 saturated heterocycles. The summed E-state index contributed by atoms with van der Waals surface area (Å²) in [6.45, 7) is 3.75. The minimum absolute atomic E-state index is 0.204. The van der Waals surface area contributed by atoms with Gasteiger partial charge in [0.2, 0.25) is 0 Å². The summed E-state index contributed by atoms with van der Waals surface area (Å²) in [4.78, 5) is 11.9. The lowest BCUT2D eigenvalue weighted by Gasteiger charge is -2.15. The Balaban J connectivity index is 1.99. The first-order chi connectivity index (χ1) is 9.29. The third-order valence-corrected chi connectivity index (χ3v) is 2.71. The summed E-state index contributed by atoms with van der Waals surface area (Å²) in [5.41, 5.74) is 1.76. The number of benzene rings is 2. The van der Waals surface area contributed by atoms with Crippen molar-refractivity contribution in [3.05, 3.63) is 78.9 Å². The Morgan fingerprint density at radius 3 is 2.16 bits per heavy atom. The Bertz CT molecular complexity index is 537. The molecule has 0 aliphatic rings. The number of anilines is 1. The highest BCUT2D eigenvalue weighted by Crippen LogP contribution is 2.13. The van der Waals surface area contributed by atoms with Crippen LogP contribution in [-0.4, -0.2) is 6.03 Å². The van der Waals surface area contributed by atoms with E-state index in [-0.39, 0.29) is 12.1 Å². The maximum absolute atomic E-state index is 11.9. The van der Waals surface area contributed by atoms with Crippen LogP contribution in [0.15, 0.2) is 73.3 Å². The van der Waals surface area contributed by atoms with Gasteiger partial charge in [0.25, 0.3) is 0 Å². The molecule has 2 aromatic rings. The molecule has 3 nitrogen and oxygen atoms in total. The number of carbonyl (C=O) groups is 1. The monoisotopic (exact) mass is 252 g/mol. The lowest BCUT2D eigenvalue weighted by Crippen LogP contribution is -2.31. The highest BCUT2D eigenvalue weighted by atomic mass is 16.2. The van der Waals surface area contributed by atoms with Crippen LogP contribution in [0.5, 0.6) is 0 Å². The van der Waals surface area contributed by atoms with E-state index in [1.54, 1.807) is 6.08 Å². The summed E-state index contributed by atoms with van der Waals surface area (Å²) in [6, 6.07) is 18.6. The van der Waals surface area contributed by atoms with Gasteiger partial charge in [0, 0.05) is 5.69 Å². The standard InChI is InChI=1S/C16H16N2O/c1-2-15(13-9-5-3-6-10-13)18-16(19)17-14-11-7-4-8-12-14/h2-12,15H,1H2,(H2,17,18,19). The van der Waals surface area contributed by atoms with Gasteiger partial charge in [-0.1, -0.05) is 54.6 Å². The summed E-state index contributed by atoms with van der Waals surface area (Å²) >= 11 is 0. The Hall–Kier alpha value is -2.55. The lowest BCUT2D eigenvalue weighted by molar-refractivity contribution is 0.250. The summed E-state index contributed by atoms with van der Waals surface area (Å²) in [6.07, 6.45) is 1.71. The second-order valence-corrected chi connectivity index (χ2v) is 4.09. The molecule has 96 valence electrons. The molecule has 3 heteroatoms. The van der Waals surface area contributed by atoms with Crippen LogP contribution in [0.2, 0.25) is 0 Å². The van der Waals surface area contributed by atoms with Crippen LogP contribution in [0.25, 0.3) is 0 Å². The van der Waals surface area contributed by atoms with Crippen molar-refractivity contribution in [2.45, 2.75) is 6.04 Å². The van der Waals surface area contributed by atoms with E-state index in [1.807, 2.05) is 60.7 Å². The van der Waals surface area contributed by atoms with Crippen LogP contribution in [-0.2, 0) is 0 Å². The van der Waals surface area contributed by atoms with Crippen molar-refractivity contribution in [1.29, 1.82) is 0 Å². The number of para-hydroxylation sites is 1. The Morgan fingerprint density at radius 2 is 1.58 bits per heavy atom. The largest absolute Gasteiger partial charge is 0.328 e. The average Bonchev–Trinajstić information content (AvgIpc) is 2.47. The number of rotatable bonds is 4. The van der Waals surface area contributed by atoms with E-state index in [1.165, 1.54) is 0 Å². The molecule has 1 unspecified atom stereocenters. The third-order valence-electron chi connectivity index (χ3n) is 2.71. The number of nitrogens with one attached hydrogen (secondary N) is 2. The van der Waals surface area contributed by atoms with Crippen LogP contribution in [0, 0.1) is 0 Å². The fraction of sp³-hybridized carbons (Fsp3) is 0.0625. The van der Waals surface area contributed by atoms with E-state index >= 15 is 0 Å². The van der Waals surface area contributed by atoms with E-state index in [0.29, 0.717) is 0 Å². The first-order valence-corrected chi connectivity index (χ1v) is 6.09. The predicted octanol–water partition coefficient (Wildman–Crippen LogP) is 3.74. The van der Waals surface area contributed by atoms with Crippen LogP contribution >= 0.6 is 0 Å². The molecule has 0 spiro atoms. The van der Waals surface area contributed by atoms with Gasteiger partial charge in [-0.15, -0.1) is 6.58 Å². The first-order valence-electron chi connectivity index (χ1n) is 6.09. The highest BCUT2D eigenvalue weighted by Gasteiger charge is 2.10. The van der Waals surface area contributed by atoms with Crippen molar-refractivity contribution in [2.75, 3.05) is 5.32 Å². The molecule has 1 atom stereocenters. The van der Waals surface area contributed by atoms with Gasteiger partial charge < -0.3 is 10.6 Å². The number of urea groups is 1. The van der Waals surface area contributed by atoms with Gasteiger partial charge in [-0.3, -0.25) is 0 Å². The minimum atomic E-state index is -0.250. The molecule has 2 aromatic carbocycles. The normalized spacial score (nSPS) is 11.4.